The Morgan fingerprint density at radius 3 is 2.81 bits per heavy atom. The smallest absolute Gasteiger partial charge is 0.272 e. The van der Waals surface area contributed by atoms with Gasteiger partial charge < -0.3 is 14.9 Å². The lowest BCUT2D eigenvalue weighted by Gasteiger charge is -2.24. The van der Waals surface area contributed by atoms with Gasteiger partial charge in [0.2, 0.25) is 5.44 Å². The monoisotopic (exact) mass is 385 g/mol. The van der Waals surface area contributed by atoms with Gasteiger partial charge in [0, 0.05) is 17.1 Å². The zero-order chi connectivity index (χ0) is 20.0. The van der Waals surface area contributed by atoms with Crippen LogP contribution in [-0.2, 0) is 9.63 Å². The fraction of sp³-hybridized carbons (Fsp3) is 0.350. The van der Waals surface area contributed by atoms with Crippen LogP contribution < -0.4 is 10.1 Å². The van der Waals surface area contributed by atoms with Crippen molar-refractivity contribution in [1.82, 2.24) is 10.3 Å². The first-order chi connectivity index (χ1) is 12.8. The minimum absolute atomic E-state index is 0.261. The molecule has 1 atom stereocenters. The molecule has 142 valence electrons. The summed E-state index contributed by atoms with van der Waals surface area (Å²) in [6.45, 7) is 5.58. The number of aryl methyl sites for hydroxylation is 1. The molecule has 0 spiro atoms. The number of pyridine rings is 1. The number of terminal acetylenes is 1. The van der Waals surface area contributed by atoms with Gasteiger partial charge in [0.1, 0.15) is 12.9 Å². The van der Waals surface area contributed by atoms with Gasteiger partial charge >= 0.3 is 0 Å². The molecule has 27 heavy (non-hydrogen) atoms. The van der Waals surface area contributed by atoms with Gasteiger partial charge in [-0.2, -0.15) is 0 Å². The first-order valence-corrected chi connectivity index (χ1v) is 9.54. The van der Waals surface area contributed by atoms with Crippen molar-refractivity contribution >= 4 is 34.8 Å². The van der Waals surface area contributed by atoms with E-state index in [1.54, 1.807) is 6.20 Å². The summed E-state index contributed by atoms with van der Waals surface area (Å²) in [6.07, 6.45) is 10.5. The summed E-state index contributed by atoms with van der Waals surface area (Å²) in [4.78, 5) is 21.7. The average Bonchev–Trinajstić information content (AvgIpc) is 2.63. The molecule has 0 saturated heterocycles. The first-order valence-electron chi connectivity index (χ1n) is 8.26. The third-order valence-electron chi connectivity index (χ3n) is 3.71. The van der Waals surface area contributed by atoms with E-state index in [0.717, 1.165) is 16.5 Å². The summed E-state index contributed by atoms with van der Waals surface area (Å²) in [5, 5.41) is 7.47. The van der Waals surface area contributed by atoms with Gasteiger partial charge in [0.15, 0.2) is 0 Å². The number of aromatic nitrogens is 1. The van der Waals surface area contributed by atoms with Crippen molar-refractivity contribution in [3.05, 3.63) is 35.5 Å². The molecule has 0 aliphatic carbocycles. The lowest BCUT2D eigenvalue weighted by Crippen LogP contribution is -2.49. The van der Waals surface area contributed by atoms with Crippen molar-refractivity contribution in [1.29, 1.82) is 0 Å². The van der Waals surface area contributed by atoms with Crippen molar-refractivity contribution in [3.63, 3.8) is 0 Å². The van der Waals surface area contributed by atoms with Gasteiger partial charge in [-0.3, -0.25) is 9.78 Å². The van der Waals surface area contributed by atoms with Crippen molar-refractivity contribution in [2.75, 3.05) is 13.4 Å². The highest BCUT2D eigenvalue weighted by Gasteiger charge is 2.26. The quantitative estimate of drug-likeness (QED) is 0.343. The van der Waals surface area contributed by atoms with Crippen LogP contribution in [0, 0.1) is 19.3 Å². The number of nitrogens with zero attached hydrogens (tertiary/aromatic N) is 2. The first kappa shape index (κ1) is 20.6. The SMILES string of the molecule is C#Cc1cnc2c(C)cc(OC(SC)C(=O)NC(C)(C)/C=N/OC)cc2c1. The van der Waals surface area contributed by atoms with Crippen LogP contribution in [0.4, 0.5) is 0 Å². The fourth-order valence-corrected chi connectivity index (χ4v) is 2.95. The third kappa shape index (κ3) is 5.38. The standard InChI is InChI=1S/C20H23N3O3S/c1-7-14-9-15-10-16(8-13(2)17(15)21-11-14)26-19(27-6)18(24)23-20(3,4)12-22-25-5/h1,8-12,19H,2-6H3,(H,23,24)/b22-12+. The Balaban J connectivity index is 2.24. The number of fused-ring (bicyclic) bond motifs is 1. The molecule has 1 N–H and O–H groups in total. The van der Waals surface area contributed by atoms with Gasteiger partial charge in [-0.25, -0.2) is 0 Å². The molecule has 0 radical (unpaired) electrons. The van der Waals surface area contributed by atoms with Crippen LogP contribution >= 0.6 is 11.8 Å². The normalized spacial score (nSPS) is 12.6. The molecular weight excluding hydrogens is 362 g/mol. The van der Waals surface area contributed by atoms with E-state index in [4.69, 9.17) is 11.2 Å². The number of hydrogen-bond donors (Lipinski definition) is 1. The number of carbonyl (C=O) groups is 1. The van der Waals surface area contributed by atoms with E-state index in [2.05, 4.69) is 26.2 Å². The summed E-state index contributed by atoms with van der Waals surface area (Å²) in [7, 11) is 1.45. The average molecular weight is 385 g/mol. The topological polar surface area (TPSA) is 72.8 Å². The highest BCUT2D eigenvalue weighted by molar-refractivity contribution is 7.99. The Hall–Kier alpha value is -2.72. The third-order valence-corrected chi connectivity index (χ3v) is 4.45. The van der Waals surface area contributed by atoms with Crippen LogP contribution in [0.1, 0.15) is 25.0 Å². The summed E-state index contributed by atoms with van der Waals surface area (Å²) >= 11 is 1.30. The summed E-state index contributed by atoms with van der Waals surface area (Å²) in [5.74, 6) is 2.89. The number of oxime groups is 1. The maximum Gasteiger partial charge on any atom is 0.272 e. The maximum absolute atomic E-state index is 12.6. The second-order valence-corrected chi connectivity index (χ2v) is 7.39. The predicted molar refractivity (Wildman–Crippen MR) is 110 cm³/mol. The molecule has 6 nitrogen and oxygen atoms in total. The van der Waals surface area contributed by atoms with E-state index in [9.17, 15) is 4.79 Å². The Morgan fingerprint density at radius 2 is 2.19 bits per heavy atom. The molecule has 0 saturated carbocycles. The van der Waals surface area contributed by atoms with E-state index in [1.807, 2.05) is 45.2 Å². The molecule has 7 heteroatoms. The summed E-state index contributed by atoms with van der Waals surface area (Å²) in [6, 6.07) is 5.57. The van der Waals surface area contributed by atoms with Gasteiger partial charge in [0.05, 0.1) is 17.3 Å². The largest absolute Gasteiger partial charge is 0.470 e. The van der Waals surface area contributed by atoms with Gasteiger partial charge in [-0.1, -0.05) is 11.1 Å². The van der Waals surface area contributed by atoms with Crippen LogP contribution in [0.5, 0.6) is 5.75 Å². The van der Waals surface area contributed by atoms with Gasteiger partial charge in [-0.15, -0.1) is 18.2 Å². The summed E-state index contributed by atoms with van der Waals surface area (Å²) < 4.78 is 5.93. The van der Waals surface area contributed by atoms with E-state index in [1.165, 1.54) is 25.1 Å². The van der Waals surface area contributed by atoms with Crippen LogP contribution in [0.2, 0.25) is 0 Å². The Kier molecular flexibility index (Phi) is 6.70. The molecule has 1 heterocycles. The summed E-state index contributed by atoms with van der Waals surface area (Å²) in [5.41, 5.74) is 1.09. The molecule has 1 unspecified atom stereocenters. The van der Waals surface area contributed by atoms with Crippen LogP contribution in [-0.4, -0.2) is 41.4 Å². The lowest BCUT2D eigenvalue weighted by atomic mass is 10.1. The number of nitrogens with one attached hydrogen (secondary N) is 1. The van der Waals surface area contributed by atoms with Crippen molar-refractivity contribution < 1.29 is 14.4 Å². The predicted octanol–water partition coefficient (Wildman–Crippen LogP) is 3.12. The van der Waals surface area contributed by atoms with Gasteiger partial charge in [-0.05, 0) is 50.8 Å². The molecular formula is C20H23N3O3S. The number of rotatable bonds is 7. The van der Waals surface area contributed by atoms with Crippen molar-refractivity contribution in [2.24, 2.45) is 5.16 Å². The molecule has 0 fully saturated rings. The Morgan fingerprint density at radius 1 is 1.44 bits per heavy atom. The van der Waals surface area contributed by atoms with E-state index < -0.39 is 11.0 Å². The fourth-order valence-electron chi connectivity index (χ4n) is 2.47. The van der Waals surface area contributed by atoms with Crippen molar-refractivity contribution in [2.45, 2.75) is 31.7 Å². The Labute approximate surface area is 163 Å². The molecule has 0 aliphatic rings. The number of ether oxygens (including phenoxy) is 1. The number of thioether (sulfide) groups is 1. The molecule has 0 bridgehead atoms. The highest BCUT2D eigenvalue weighted by Crippen LogP contribution is 2.26. The molecule has 0 aliphatic heterocycles. The van der Waals surface area contributed by atoms with Crippen LogP contribution in [0.15, 0.2) is 29.6 Å². The second kappa shape index (κ2) is 8.78. The maximum atomic E-state index is 12.6. The number of amides is 1. The zero-order valence-corrected chi connectivity index (χ0v) is 16.9. The molecule has 2 aromatic rings. The molecule has 1 aromatic carbocycles. The van der Waals surface area contributed by atoms with E-state index >= 15 is 0 Å². The van der Waals surface area contributed by atoms with Crippen molar-refractivity contribution in [3.8, 4) is 18.1 Å². The highest BCUT2D eigenvalue weighted by atomic mass is 32.2. The van der Waals surface area contributed by atoms with E-state index in [0.29, 0.717) is 11.3 Å². The zero-order valence-electron chi connectivity index (χ0n) is 16.1. The Bertz CT molecular complexity index is 903. The molecule has 2 rings (SSSR count). The number of benzene rings is 1. The molecule has 1 aromatic heterocycles. The van der Waals surface area contributed by atoms with E-state index in [-0.39, 0.29) is 5.91 Å². The van der Waals surface area contributed by atoms with Crippen LogP contribution in [0.3, 0.4) is 0 Å². The minimum Gasteiger partial charge on any atom is -0.470 e. The second-order valence-electron chi connectivity index (χ2n) is 6.49. The van der Waals surface area contributed by atoms with Gasteiger partial charge in [0.25, 0.3) is 5.91 Å². The van der Waals surface area contributed by atoms with Crippen LogP contribution in [0.25, 0.3) is 10.9 Å². The molecule has 1 amide bonds. The number of carbonyl (C=O) groups excluding carboxylic acids is 1. The lowest BCUT2D eigenvalue weighted by molar-refractivity contribution is -0.125. The number of hydrogen-bond acceptors (Lipinski definition) is 6. The minimum atomic E-state index is -0.721.